The normalized spacial score (nSPS) is 9.31. The minimum atomic E-state index is -0.757. The number of carbonyl (C=O) groups excluding carboxylic acids is 2. The number of benzene rings is 1. The number of carbonyl (C=O) groups is 2. The molecule has 1 rings (SSSR count). The highest BCUT2D eigenvalue weighted by Crippen LogP contribution is 2.09. The number of nitrogens with one attached hydrogen (secondary N) is 2. The van der Waals surface area contributed by atoms with Crippen LogP contribution >= 0.6 is 0 Å². The van der Waals surface area contributed by atoms with Gasteiger partial charge in [-0.15, -0.1) is 0 Å². The van der Waals surface area contributed by atoms with Crippen molar-refractivity contribution in [3.63, 3.8) is 0 Å². The van der Waals surface area contributed by atoms with Crippen molar-refractivity contribution in [1.29, 1.82) is 0 Å². The predicted octanol–water partition coefficient (Wildman–Crippen LogP) is 1.07. The molecule has 0 heterocycles. The first-order chi connectivity index (χ1) is 6.09. The lowest BCUT2D eigenvalue weighted by Gasteiger charge is -2.02. The average Bonchev–Trinajstić information content (AvgIpc) is 2.03. The van der Waals surface area contributed by atoms with Crippen LogP contribution in [-0.2, 0) is 4.79 Å². The van der Waals surface area contributed by atoms with Crippen LogP contribution in [0.15, 0.2) is 24.3 Å². The molecule has 0 aromatic heterocycles. The molecule has 0 spiro atoms. The van der Waals surface area contributed by atoms with E-state index in [4.69, 9.17) is 5.73 Å². The van der Waals surface area contributed by atoms with E-state index in [1.807, 2.05) is 0 Å². The molecule has 1 radical (unpaired) electrons. The molecular weight excluding hydrogens is 168 g/mol. The topological polar surface area (TPSA) is 70.0 Å². The summed E-state index contributed by atoms with van der Waals surface area (Å²) in [5.41, 5.74) is 7.65. The largest absolute Gasteiger partial charge is 0.326 e. The van der Waals surface area contributed by atoms with E-state index in [9.17, 15) is 9.59 Å². The lowest BCUT2D eigenvalue weighted by Crippen LogP contribution is -2.07. The second kappa shape index (κ2) is 3.71. The van der Waals surface area contributed by atoms with Gasteiger partial charge in [-0.1, -0.05) is 6.07 Å². The summed E-state index contributed by atoms with van der Waals surface area (Å²) in [7, 11) is 0. The highest BCUT2D eigenvalue weighted by molar-refractivity contribution is 5.95. The lowest BCUT2D eigenvalue weighted by atomic mass is 10.2. The molecule has 0 fully saturated rings. The van der Waals surface area contributed by atoms with Crippen molar-refractivity contribution in [2.75, 3.05) is 5.32 Å². The Morgan fingerprint density at radius 2 is 2.08 bits per heavy atom. The molecular formula is C9H9N2O2. The van der Waals surface area contributed by atoms with Crippen LogP contribution in [0, 0.1) is 0 Å². The van der Waals surface area contributed by atoms with Crippen molar-refractivity contribution < 1.29 is 9.59 Å². The van der Waals surface area contributed by atoms with Gasteiger partial charge in [0.25, 0.3) is 5.91 Å². The number of hydrogen-bond acceptors (Lipinski definition) is 2. The zero-order chi connectivity index (χ0) is 9.84. The summed E-state index contributed by atoms with van der Waals surface area (Å²) in [5.74, 6) is -0.957. The Hall–Kier alpha value is -1.84. The fourth-order valence-electron chi connectivity index (χ4n) is 0.941. The van der Waals surface area contributed by atoms with E-state index in [2.05, 4.69) is 5.32 Å². The third-order valence-electron chi connectivity index (χ3n) is 1.45. The van der Waals surface area contributed by atoms with Gasteiger partial charge in [-0.25, -0.2) is 0 Å². The summed E-state index contributed by atoms with van der Waals surface area (Å²) in [6, 6.07) is 6.28. The Kier molecular flexibility index (Phi) is 2.64. The molecule has 0 aliphatic heterocycles. The molecule has 67 valence electrons. The zero-order valence-corrected chi connectivity index (χ0v) is 7.13. The van der Waals surface area contributed by atoms with E-state index >= 15 is 0 Å². The molecule has 2 N–H and O–H groups in total. The first kappa shape index (κ1) is 9.25. The highest BCUT2D eigenvalue weighted by Gasteiger charge is 2.02. The second-order valence-corrected chi connectivity index (χ2v) is 2.59. The third-order valence-corrected chi connectivity index (χ3v) is 1.45. The monoisotopic (exact) mass is 177 g/mol. The van der Waals surface area contributed by atoms with Crippen molar-refractivity contribution in [3.8, 4) is 0 Å². The summed E-state index contributed by atoms with van der Waals surface area (Å²) in [4.78, 5) is 21.3. The van der Waals surface area contributed by atoms with E-state index in [0.29, 0.717) is 5.69 Å². The minimum absolute atomic E-state index is 0.199. The smallest absolute Gasteiger partial charge is 0.269 e. The molecule has 0 saturated carbocycles. The van der Waals surface area contributed by atoms with E-state index in [1.165, 1.54) is 19.1 Å². The van der Waals surface area contributed by atoms with Gasteiger partial charge in [0.1, 0.15) is 0 Å². The highest BCUT2D eigenvalue weighted by atomic mass is 16.1. The summed E-state index contributed by atoms with van der Waals surface area (Å²) in [6.07, 6.45) is 0. The molecule has 1 aromatic rings. The van der Waals surface area contributed by atoms with Gasteiger partial charge in [0.05, 0.1) is 0 Å². The first-order valence-corrected chi connectivity index (χ1v) is 3.73. The molecule has 0 atom stereocenters. The molecule has 13 heavy (non-hydrogen) atoms. The molecule has 1 aromatic carbocycles. The summed E-state index contributed by atoms with van der Waals surface area (Å²) in [5, 5.41) is 2.53. The summed E-state index contributed by atoms with van der Waals surface area (Å²) >= 11 is 0. The Balaban J connectivity index is 2.91. The van der Waals surface area contributed by atoms with Crippen LogP contribution in [0.3, 0.4) is 0 Å². The Bertz CT molecular complexity index is 347. The molecule has 0 bridgehead atoms. The maximum Gasteiger partial charge on any atom is 0.269 e. The van der Waals surface area contributed by atoms with Gasteiger partial charge >= 0.3 is 0 Å². The van der Waals surface area contributed by atoms with Gasteiger partial charge < -0.3 is 5.32 Å². The fourth-order valence-corrected chi connectivity index (χ4v) is 0.941. The van der Waals surface area contributed by atoms with Crippen LogP contribution in [-0.4, -0.2) is 11.8 Å². The molecule has 0 aliphatic rings. The van der Waals surface area contributed by atoms with Crippen molar-refractivity contribution in [1.82, 2.24) is 5.73 Å². The van der Waals surface area contributed by atoms with Gasteiger partial charge in [0, 0.05) is 18.2 Å². The first-order valence-electron chi connectivity index (χ1n) is 3.73. The quantitative estimate of drug-likeness (QED) is 0.733. The Morgan fingerprint density at radius 3 is 2.62 bits per heavy atom. The Morgan fingerprint density at radius 1 is 1.38 bits per heavy atom. The molecule has 0 aliphatic carbocycles. The van der Waals surface area contributed by atoms with E-state index in [1.54, 1.807) is 12.1 Å². The maximum atomic E-state index is 10.7. The van der Waals surface area contributed by atoms with Gasteiger partial charge in [-0.2, -0.15) is 0 Å². The van der Waals surface area contributed by atoms with Gasteiger partial charge in [0.2, 0.25) is 5.91 Å². The van der Waals surface area contributed by atoms with Crippen LogP contribution in [0.1, 0.15) is 17.3 Å². The standard InChI is InChI=1S/C9H9N2O2/c1-6(12)11-8-4-2-3-7(5-8)9(10)13/h2-5,10H,1H3,(H,11,12). The molecule has 4 nitrogen and oxygen atoms in total. The van der Waals surface area contributed by atoms with Crippen LogP contribution < -0.4 is 11.1 Å². The minimum Gasteiger partial charge on any atom is -0.326 e. The second-order valence-electron chi connectivity index (χ2n) is 2.59. The van der Waals surface area contributed by atoms with Crippen LogP contribution in [0.25, 0.3) is 0 Å². The molecule has 0 saturated heterocycles. The molecule has 4 heteroatoms. The van der Waals surface area contributed by atoms with Crippen LogP contribution in [0.2, 0.25) is 0 Å². The van der Waals surface area contributed by atoms with Gasteiger partial charge in [-0.3, -0.25) is 15.3 Å². The van der Waals surface area contributed by atoms with E-state index in [0.717, 1.165) is 0 Å². The predicted molar refractivity (Wildman–Crippen MR) is 48.2 cm³/mol. The van der Waals surface area contributed by atoms with E-state index < -0.39 is 5.91 Å². The molecule has 0 unspecified atom stereocenters. The SMILES string of the molecule is CC(=O)Nc1cccc(C([NH])=O)c1. The number of hydrogen-bond donors (Lipinski definition) is 1. The third kappa shape index (κ3) is 2.59. The van der Waals surface area contributed by atoms with Crippen molar-refractivity contribution in [3.05, 3.63) is 29.8 Å². The fraction of sp³-hybridized carbons (Fsp3) is 0.111. The average molecular weight is 177 g/mol. The number of amides is 2. The van der Waals surface area contributed by atoms with Gasteiger partial charge in [0.15, 0.2) is 0 Å². The van der Waals surface area contributed by atoms with Gasteiger partial charge in [-0.05, 0) is 18.2 Å². The summed E-state index contributed by atoms with van der Waals surface area (Å²) in [6.45, 7) is 1.38. The number of anilines is 1. The van der Waals surface area contributed by atoms with Crippen LogP contribution in [0.4, 0.5) is 5.69 Å². The van der Waals surface area contributed by atoms with Crippen molar-refractivity contribution in [2.24, 2.45) is 0 Å². The zero-order valence-electron chi connectivity index (χ0n) is 7.13. The van der Waals surface area contributed by atoms with Crippen molar-refractivity contribution in [2.45, 2.75) is 6.92 Å². The summed E-state index contributed by atoms with van der Waals surface area (Å²) < 4.78 is 0. The maximum absolute atomic E-state index is 10.7. The number of rotatable bonds is 2. The van der Waals surface area contributed by atoms with Crippen LogP contribution in [0.5, 0.6) is 0 Å². The van der Waals surface area contributed by atoms with E-state index in [-0.39, 0.29) is 11.5 Å². The lowest BCUT2D eigenvalue weighted by molar-refractivity contribution is -0.114. The molecule has 2 amide bonds. The Labute approximate surface area is 75.7 Å². The van der Waals surface area contributed by atoms with Crippen molar-refractivity contribution >= 4 is 17.5 Å².